The van der Waals surface area contributed by atoms with Gasteiger partial charge in [0.15, 0.2) is 0 Å². The van der Waals surface area contributed by atoms with Gasteiger partial charge < -0.3 is 19.7 Å². The Hall–Kier alpha value is -2.90. The van der Waals surface area contributed by atoms with E-state index in [-0.39, 0.29) is 44.0 Å². The molecular formula is C16H16F6N6O2. The Bertz CT molecular complexity index is 858. The van der Waals surface area contributed by atoms with E-state index in [9.17, 15) is 26.3 Å². The van der Waals surface area contributed by atoms with E-state index >= 15 is 0 Å². The van der Waals surface area contributed by atoms with Crippen LogP contribution in [0.15, 0.2) is 18.2 Å². The zero-order valence-electron chi connectivity index (χ0n) is 15.5. The molecule has 2 aromatic rings. The van der Waals surface area contributed by atoms with Crippen LogP contribution < -0.4 is 15.0 Å². The SMILES string of the molecule is Cc1cccc(Nc2nc(OC(C(F)(F)F)C(F)(F)F)nc(N3CCOCC3)n2)n1. The van der Waals surface area contributed by atoms with Crippen molar-refractivity contribution >= 4 is 17.7 Å². The third-order valence-electron chi connectivity index (χ3n) is 3.84. The zero-order valence-corrected chi connectivity index (χ0v) is 15.5. The van der Waals surface area contributed by atoms with Crippen molar-refractivity contribution in [3.8, 4) is 6.01 Å². The summed E-state index contributed by atoms with van der Waals surface area (Å²) in [6.07, 6.45) is -15.5. The average molecular weight is 438 g/mol. The molecule has 3 rings (SSSR count). The van der Waals surface area contributed by atoms with Gasteiger partial charge in [-0.25, -0.2) is 4.98 Å². The monoisotopic (exact) mass is 438 g/mol. The summed E-state index contributed by atoms with van der Waals surface area (Å²) in [7, 11) is 0. The molecule has 1 N–H and O–H groups in total. The summed E-state index contributed by atoms with van der Waals surface area (Å²) < 4.78 is 86.6. The Labute approximate surface area is 166 Å². The van der Waals surface area contributed by atoms with E-state index in [1.165, 1.54) is 11.0 Å². The van der Waals surface area contributed by atoms with Crippen LogP contribution in [0.5, 0.6) is 6.01 Å². The first-order valence-corrected chi connectivity index (χ1v) is 8.62. The summed E-state index contributed by atoms with van der Waals surface area (Å²) in [5.41, 5.74) is 0.619. The van der Waals surface area contributed by atoms with Gasteiger partial charge in [-0.05, 0) is 19.1 Å². The van der Waals surface area contributed by atoms with Gasteiger partial charge in [0.25, 0.3) is 6.10 Å². The Morgan fingerprint density at radius 2 is 1.67 bits per heavy atom. The molecule has 1 saturated heterocycles. The van der Waals surface area contributed by atoms with Gasteiger partial charge in [-0.3, -0.25) is 0 Å². The van der Waals surface area contributed by atoms with Gasteiger partial charge >= 0.3 is 18.4 Å². The van der Waals surface area contributed by atoms with Crippen molar-refractivity contribution in [2.75, 3.05) is 36.5 Å². The third kappa shape index (κ3) is 5.58. The molecular weight excluding hydrogens is 422 g/mol. The number of aryl methyl sites for hydroxylation is 1. The van der Waals surface area contributed by atoms with Gasteiger partial charge in [0.2, 0.25) is 11.9 Å². The molecule has 0 unspecified atom stereocenters. The van der Waals surface area contributed by atoms with Crippen molar-refractivity contribution in [3.63, 3.8) is 0 Å². The quantitative estimate of drug-likeness (QED) is 0.714. The summed E-state index contributed by atoms with van der Waals surface area (Å²) in [5.74, 6) is -0.229. The molecule has 14 heteroatoms. The number of halogens is 6. The van der Waals surface area contributed by atoms with Gasteiger partial charge in [-0.1, -0.05) is 6.07 Å². The van der Waals surface area contributed by atoms with Crippen molar-refractivity contribution in [1.82, 2.24) is 19.9 Å². The number of ether oxygens (including phenoxy) is 2. The predicted molar refractivity (Wildman–Crippen MR) is 91.6 cm³/mol. The lowest BCUT2D eigenvalue weighted by Crippen LogP contribution is -2.47. The normalized spacial score (nSPS) is 15.4. The highest BCUT2D eigenvalue weighted by molar-refractivity contribution is 5.50. The molecule has 0 atom stereocenters. The number of aromatic nitrogens is 4. The highest BCUT2D eigenvalue weighted by Gasteiger charge is 2.59. The first-order valence-electron chi connectivity index (χ1n) is 8.62. The van der Waals surface area contributed by atoms with E-state index in [1.54, 1.807) is 19.1 Å². The number of nitrogens with zero attached hydrogens (tertiary/aromatic N) is 5. The topological polar surface area (TPSA) is 85.3 Å². The standard InChI is InChI=1S/C16H16F6N6O2/c1-9-3-2-4-10(23-9)24-12-25-13(28-5-7-29-8-6-28)27-14(26-12)30-11(15(17,18)19)16(20,21)22/h2-4,11H,5-8H2,1H3,(H,23,24,25,26,27). The van der Waals surface area contributed by atoms with Crippen LogP contribution in [0.4, 0.5) is 44.1 Å². The smallest absolute Gasteiger partial charge is 0.434 e. The van der Waals surface area contributed by atoms with Crippen molar-refractivity contribution in [2.24, 2.45) is 0 Å². The lowest BCUT2D eigenvalue weighted by atomic mass is 10.3. The molecule has 8 nitrogen and oxygen atoms in total. The van der Waals surface area contributed by atoms with Crippen LogP contribution in [0, 0.1) is 6.92 Å². The van der Waals surface area contributed by atoms with Gasteiger partial charge in [-0.2, -0.15) is 41.3 Å². The molecule has 30 heavy (non-hydrogen) atoms. The number of hydrogen-bond acceptors (Lipinski definition) is 8. The second-order valence-corrected chi connectivity index (χ2v) is 6.21. The summed E-state index contributed by atoms with van der Waals surface area (Å²) in [6, 6.07) is 3.75. The minimum absolute atomic E-state index is 0.151. The molecule has 1 fully saturated rings. The average Bonchev–Trinajstić information content (AvgIpc) is 2.65. The maximum absolute atomic E-state index is 12.9. The number of pyridine rings is 1. The van der Waals surface area contributed by atoms with Crippen molar-refractivity contribution < 1.29 is 35.8 Å². The fourth-order valence-corrected chi connectivity index (χ4v) is 2.51. The van der Waals surface area contributed by atoms with E-state index in [2.05, 4.69) is 30.0 Å². The Balaban J connectivity index is 1.96. The minimum atomic E-state index is -5.71. The Morgan fingerprint density at radius 1 is 1.00 bits per heavy atom. The van der Waals surface area contributed by atoms with Crippen LogP contribution in [-0.4, -0.2) is 64.7 Å². The molecule has 0 saturated carbocycles. The highest BCUT2D eigenvalue weighted by atomic mass is 19.4. The lowest BCUT2D eigenvalue weighted by molar-refractivity contribution is -0.301. The maximum atomic E-state index is 12.9. The first-order chi connectivity index (χ1) is 14.0. The molecule has 0 amide bonds. The predicted octanol–water partition coefficient (Wildman–Crippen LogP) is 3.03. The van der Waals surface area contributed by atoms with E-state index in [1.807, 2.05) is 0 Å². The minimum Gasteiger partial charge on any atom is -0.440 e. The Morgan fingerprint density at radius 3 is 2.27 bits per heavy atom. The van der Waals surface area contributed by atoms with Crippen molar-refractivity contribution in [2.45, 2.75) is 25.4 Å². The van der Waals surface area contributed by atoms with Crippen LogP contribution in [0.2, 0.25) is 0 Å². The second kappa shape index (κ2) is 8.45. The maximum Gasteiger partial charge on any atom is 0.434 e. The molecule has 1 aliphatic rings. The molecule has 0 aliphatic carbocycles. The van der Waals surface area contributed by atoms with Crippen LogP contribution in [-0.2, 0) is 4.74 Å². The molecule has 0 spiro atoms. The van der Waals surface area contributed by atoms with Crippen LogP contribution in [0.25, 0.3) is 0 Å². The fraction of sp³-hybridized carbons (Fsp3) is 0.500. The third-order valence-corrected chi connectivity index (χ3v) is 3.84. The largest absolute Gasteiger partial charge is 0.440 e. The van der Waals surface area contributed by atoms with Gasteiger partial charge in [-0.15, -0.1) is 0 Å². The Kier molecular flexibility index (Phi) is 6.14. The van der Waals surface area contributed by atoms with E-state index in [0.29, 0.717) is 5.69 Å². The summed E-state index contributed by atoms with van der Waals surface area (Å²) in [4.78, 5) is 16.9. The number of anilines is 3. The molecule has 1 aliphatic heterocycles. The molecule has 2 aromatic heterocycles. The number of morpholine rings is 1. The number of rotatable bonds is 5. The number of nitrogens with one attached hydrogen (secondary N) is 1. The van der Waals surface area contributed by atoms with E-state index < -0.39 is 24.5 Å². The molecule has 0 bridgehead atoms. The summed E-state index contributed by atoms with van der Waals surface area (Å²) in [6.45, 7) is 2.85. The van der Waals surface area contributed by atoms with Gasteiger partial charge in [0, 0.05) is 18.8 Å². The zero-order chi connectivity index (χ0) is 21.9. The summed E-state index contributed by atoms with van der Waals surface area (Å²) in [5, 5.41) is 2.64. The number of alkyl halides is 6. The van der Waals surface area contributed by atoms with E-state index in [4.69, 9.17) is 4.74 Å². The van der Waals surface area contributed by atoms with Gasteiger partial charge in [0.05, 0.1) is 13.2 Å². The van der Waals surface area contributed by atoms with E-state index in [0.717, 1.165) is 0 Å². The fourth-order valence-electron chi connectivity index (χ4n) is 2.51. The second-order valence-electron chi connectivity index (χ2n) is 6.21. The first kappa shape index (κ1) is 21.8. The van der Waals surface area contributed by atoms with Crippen LogP contribution in [0.3, 0.4) is 0 Å². The highest BCUT2D eigenvalue weighted by Crippen LogP contribution is 2.36. The van der Waals surface area contributed by atoms with Crippen LogP contribution >= 0.6 is 0 Å². The molecule has 164 valence electrons. The van der Waals surface area contributed by atoms with Crippen LogP contribution in [0.1, 0.15) is 5.69 Å². The molecule has 3 heterocycles. The molecule has 0 radical (unpaired) electrons. The number of hydrogen-bond donors (Lipinski definition) is 1. The summed E-state index contributed by atoms with van der Waals surface area (Å²) >= 11 is 0. The lowest BCUT2D eigenvalue weighted by Gasteiger charge is -2.27. The molecule has 0 aromatic carbocycles. The van der Waals surface area contributed by atoms with Crippen molar-refractivity contribution in [1.29, 1.82) is 0 Å². The van der Waals surface area contributed by atoms with Gasteiger partial charge in [0.1, 0.15) is 5.82 Å². The van der Waals surface area contributed by atoms with Crippen molar-refractivity contribution in [3.05, 3.63) is 23.9 Å².